The molecular formula is C16H29IN4O3S. The van der Waals surface area contributed by atoms with Crippen molar-refractivity contribution in [3.63, 3.8) is 0 Å². The van der Waals surface area contributed by atoms with Crippen molar-refractivity contribution in [3.05, 3.63) is 17.0 Å². The number of nitrogens with one attached hydrogen (secondary N) is 1. The van der Waals surface area contributed by atoms with Crippen LogP contribution in [0.15, 0.2) is 9.52 Å². The van der Waals surface area contributed by atoms with Crippen LogP contribution >= 0.6 is 24.0 Å². The van der Waals surface area contributed by atoms with Gasteiger partial charge in [-0.25, -0.2) is 8.42 Å². The van der Waals surface area contributed by atoms with Crippen molar-refractivity contribution in [2.75, 3.05) is 32.4 Å². The molecule has 1 aromatic heterocycles. The van der Waals surface area contributed by atoms with E-state index in [-0.39, 0.29) is 29.7 Å². The monoisotopic (exact) mass is 484 g/mol. The van der Waals surface area contributed by atoms with Gasteiger partial charge in [0, 0.05) is 32.2 Å². The standard InChI is InChI=1S/C16H28N4O3S.HI/c1-12-14(13(2)23-19-12)7-6-8-18-15(17-5)20-9-10-24(21,22)16(3,4)11-20;/h6-11H2,1-5H3,(H,17,18);1H. The SMILES string of the molecule is CN=C(NCCCc1c(C)noc1C)N1CCS(=O)(=O)C(C)(C)C1.I. The van der Waals surface area contributed by atoms with Crippen LogP contribution in [0.1, 0.15) is 37.3 Å². The highest BCUT2D eigenvalue weighted by atomic mass is 127. The predicted molar refractivity (Wildman–Crippen MR) is 111 cm³/mol. The molecule has 0 saturated carbocycles. The van der Waals surface area contributed by atoms with Crippen LogP contribution in [-0.2, 0) is 16.3 Å². The number of nitrogens with zero attached hydrogens (tertiary/aromatic N) is 3. The maximum Gasteiger partial charge on any atom is 0.193 e. The van der Waals surface area contributed by atoms with Crippen molar-refractivity contribution in [2.24, 2.45) is 4.99 Å². The molecule has 1 aromatic rings. The molecular weight excluding hydrogens is 455 g/mol. The summed E-state index contributed by atoms with van der Waals surface area (Å²) in [5.41, 5.74) is 2.11. The highest BCUT2D eigenvalue weighted by Crippen LogP contribution is 2.23. The van der Waals surface area contributed by atoms with Gasteiger partial charge in [0.1, 0.15) is 5.76 Å². The largest absolute Gasteiger partial charge is 0.361 e. The second kappa shape index (κ2) is 8.70. The summed E-state index contributed by atoms with van der Waals surface area (Å²) in [5, 5.41) is 7.30. The number of halogens is 1. The van der Waals surface area contributed by atoms with E-state index in [0.717, 1.165) is 42.4 Å². The van der Waals surface area contributed by atoms with Crippen LogP contribution in [0.3, 0.4) is 0 Å². The third-order valence-electron chi connectivity index (χ3n) is 4.62. The normalized spacial score (nSPS) is 19.4. The smallest absolute Gasteiger partial charge is 0.193 e. The molecule has 1 aliphatic heterocycles. The Balaban J connectivity index is 0.00000312. The zero-order chi connectivity index (χ0) is 18.0. The van der Waals surface area contributed by atoms with Gasteiger partial charge in [0.25, 0.3) is 0 Å². The maximum absolute atomic E-state index is 12.1. The number of rotatable bonds is 4. The Morgan fingerprint density at radius 1 is 1.40 bits per heavy atom. The number of hydrogen-bond donors (Lipinski definition) is 1. The van der Waals surface area contributed by atoms with Gasteiger partial charge < -0.3 is 14.7 Å². The molecule has 1 N–H and O–H groups in total. The number of guanidine groups is 1. The third-order valence-corrected chi connectivity index (χ3v) is 7.16. The molecule has 7 nitrogen and oxygen atoms in total. The van der Waals surface area contributed by atoms with Crippen molar-refractivity contribution < 1.29 is 12.9 Å². The van der Waals surface area contributed by atoms with Crippen LogP contribution < -0.4 is 5.32 Å². The summed E-state index contributed by atoms with van der Waals surface area (Å²) in [6.45, 7) is 9.14. The fourth-order valence-corrected chi connectivity index (χ4v) is 4.35. The van der Waals surface area contributed by atoms with E-state index in [1.54, 1.807) is 20.9 Å². The van der Waals surface area contributed by atoms with Crippen LogP contribution in [0, 0.1) is 13.8 Å². The number of aryl methyl sites for hydroxylation is 2. The minimum atomic E-state index is -3.04. The Morgan fingerprint density at radius 3 is 2.60 bits per heavy atom. The summed E-state index contributed by atoms with van der Waals surface area (Å²) in [7, 11) is -1.31. The molecule has 1 fully saturated rings. The number of aliphatic imine (C=N–C) groups is 1. The summed E-state index contributed by atoms with van der Waals surface area (Å²) in [6, 6.07) is 0. The van der Waals surface area contributed by atoms with Gasteiger partial charge in [-0.1, -0.05) is 5.16 Å². The molecule has 0 unspecified atom stereocenters. The quantitative estimate of drug-likeness (QED) is 0.304. The molecule has 9 heteroatoms. The molecule has 0 radical (unpaired) electrons. The molecule has 0 amide bonds. The highest BCUT2D eigenvalue weighted by Gasteiger charge is 2.40. The first kappa shape index (κ1) is 22.2. The minimum absolute atomic E-state index is 0. The number of aromatic nitrogens is 1. The topological polar surface area (TPSA) is 87.8 Å². The number of sulfone groups is 1. The lowest BCUT2D eigenvalue weighted by Gasteiger charge is -2.39. The van der Waals surface area contributed by atoms with Crippen molar-refractivity contribution in [3.8, 4) is 0 Å². The first-order valence-electron chi connectivity index (χ1n) is 8.27. The van der Waals surface area contributed by atoms with E-state index >= 15 is 0 Å². The van der Waals surface area contributed by atoms with Crippen molar-refractivity contribution >= 4 is 39.8 Å². The van der Waals surface area contributed by atoms with E-state index in [1.807, 2.05) is 18.7 Å². The van der Waals surface area contributed by atoms with Gasteiger partial charge in [-0.3, -0.25) is 4.99 Å². The Hall–Kier alpha value is -0.840. The summed E-state index contributed by atoms with van der Waals surface area (Å²) < 4.78 is 28.6. The number of hydrogen-bond acceptors (Lipinski definition) is 5. The van der Waals surface area contributed by atoms with E-state index in [0.29, 0.717) is 13.1 Å². The molecule has 25 heavy (non-hydrogen) atoms. The molecule has 1 aliphatic rings. The second-order valence-electron chi connectivity index (χ2n) is 6.88. The van der Waals surface area contributed by atoms with Crippen LogP contribution in [0.25, 0.3) is 0 Å². The molecule has 2 rings (SSSR count). The second-order valence-corrected chi connectivity index (χ2v) is 9.62. The summed E-state index contributed by atoms with van der Waals surface area (Å²) in [5.74, 6) is 1.80. The van der Waals surface area contributed by atoms with Crippen LogP contribution in [0.2, 0.25) is 0 Å². The summed E-state index contributed by atoms with van der Waals surface area (Å²) in [6.07, 6.45) is 1.82. The molecule has 0 bridgehead atoms. The average molecular weight is 484 g/mol. The molecule has 0 spiro atoms. The van der Waals surface area contributed by atoms with Gasteiger partial charge >= 0.3 is 0 Å². The van der Waals surface area contributed by atoms with Crippen LogP contribution in [0.5, 0.6) is 0 Å². The van der Waals surface area contributed by atoms with E-state index in [2.05, 4.69) is 15.5 Å². The van der Waals surface area contributed by atoms with Crippen molar-refractivity contribution in [1.29, 1.82) is 0 Å². The molecule has 0 aromatic carbocycles. The van der Waals surface area contributed by atoms with E-state index < -0.39 is 14.6 Å². The average Bonchev–Trinajstić information content (AvgIpc) is 2.82. The van der Waals surface area contributed by atoms with Crippen LogP contribution in [-0.4, -0.2) is 61.6 Å². The van der Waals surface area contributed by atoms with Gasteiger partial charge in [-0.2, -0.15) is 0 Å². The van der Waals surface area contributed by atoms with E-state index in [9.17, 15) is 8.42 Å². The van der Waals surface area contributed by atoms with Gasteiger partial charge in [0.2, 0.25) is 0 Å². The zero-order valence-electron chi connectivity index (χ0n) is 15.6. The Bertz CT molecular complexity index is 693. The zero-order valence-corrected chi connectivity index (χ0v) is 18.8. The lowest BCUT2D eigenvalue weighted by molar-refractivity contribution is 0.353. The van der Waals surface area contributed by atoms with E-state index in [1.165, 1.54) is 0 Å². The molecule has 144 valence electrons. The summed E-state index contributed by atoms with van der Waals surface area (Å²) >= 11 is 0. The van der Waals surface area contributed by atoms with Crippen molar-refractivity contribution in [1.82, 2.24) is 15.4 Å². The maximum atomic E-state index is 12.1. The molecule has 0 aliphatic carbocycles. The van der Waals surface area contributed by atoms with Gasteiger partial charge in [-0.15, -0.1) is 24.0 Å². The van der Waals surface area contributed by atoms with Crippen molar-refractivity contribution in [2.45, 2.75) is 45.3 Å². The van der Waals surface area contributed by atoms with Crippen LogP contribution in [0.4, 0.5) is 0 Å². The Kier molecular flexibility index (Phi) is 7.72. The first-order valence-corrected chi connectivity index (χ1v) is 9.93. The molecule has 0 atom stereocenters. The summed E-state index contributed by atoms with van der Waals surface area (Å²) in [4.78, 5) is 6.33. The lowest BCUT2D eigenvalue weighted by Crippen LogP contribution is -2.57. The fourth-order valence-electron chi connectivity index (χ4n) is 2.98. The molecule has 2 heterocycles. The molecule has 1 saturated heterocycles. The van der Waals surface area contributed by atoms with Gasteiger partial charge in [0.15, 0.2) is 15.8 Å². The lowest BCUT2D eigenvalue weighted by atomic mass is 10.1. The minimum Gasteiger partial charge on any atom is -0.361 e. The fraction of sp³-hybridized carbons (Fsp3) is 0.750. The third kappa shape index (κ3) is 5.08. The Labute approximate surface area is 167 Å². The Morgan fingerprint density at radius 2 is 2.08 bits per heavy atom. The highest BCUT2D eigenvalue weighted by molar-refractivity contribution is 14.0. The van der Waals surface area contributed by atoms with E-state index in [4.69, 9.17) is 4.52 Å². The van der Waals surface area contributed by atoms with Gasteiger partial charge in [-0.05, 0) is 40.5 Å². The predicted octanol–water partition coefficient (Wildman–Crippen LogP) is 1.93. The first-order chi connectivity index (χ1) is 11.2. The van der Waals surface area contributed by atoms with Gasteiger partial charge in [0.05, 0.1) is 16.2 Å².